The molecule has 2 rings (SSSR count). The average molecular weight is 303 g/mol. The Kier molecular flexibility index (Phi) is 4.88. The van der Waals surface area contributed by atoms with E-state index in [1.165, 1.54) is 19.0 Å². The predicted octanol–water partition coefficient (Wildman–Crippen LogP) is 3.84. The van der Waals surface area contributed by atoms with Gasteiger partial charge in [-0.1, -0.05) is 34.6 Å². The monoisotopic (exact) mass is 303 g/mol. The van der Waals surface area contributed by atoms with Crippen molar-refractivity contribution in [1.82, 2.24) is 15.3 Å². The summed E-state index contributed by atoms with van der Waals surface area (Å²) >= 11 is 0. The molecule has 4 nitrogen and oxygen atoms in total. The fourth-order valence-electron chi connectivity index (χ4n) is 4.15. The maximum Gasteiger partial charge on any atom is 0.271 e. The minimum absolute atomic E-state index is 0.106. The van der Waals surface area contributed by atoms with E-state index in [9.17, 15) is 4.79 Å². The van der Waals surface area contributed by atoms with Gasteiger partial charge >= 0.3 is 0 Å². The number of amides is 1. The lowest BCUT2D eigenvalue weighted by molar-refractivity contribution is -0.0158. The Bertz CT molecular complexity index is 497. The highest BCUT2D eigenvalue weighted by Gasteiger charge is 2.46. The number of hydrogen-bond acceptors (Lipinski definition) is 3. The van der Waals surface area contributed by atoms with Crippen LogP contribution in [0.15, 0.2) is 18.6 Å². The standard InChI is InChI=1S/C18H29N3O/c1-13(2)18(17(3,4)5)8-6-14(7-9-18)21-16(22)15-12-19-10-11-20-15/h10-14H,6-9H2,1-5H3,(H,21,22). The number of nitrogens with one attached hydrogen (secondary N) is 1. The van der Waals surface area contributed by atoms with Gasteiger partial charge < -0.3 is 5.32 Å². The molecule has 1 heterocycles. The van der Waals surface area contributed by atoms with Crippen molar-refractivity contribution in [3.05, 3.63) is 24.3 Å². The Hall–Kier alpha value is -1.45. The minimum atomic E-state index is -0.106. The van der Waals surface area contributed by atoms with Gasteiger partial charge in [0.15, 0.2) is 0 Å². The van der Waals surface area contributed by atoms with E-state index in [1.54, 1.807) is 12.4 Å². The Morgan fingerprint density at radius 1 is 1.27 bits per heavy atom. The molecule has 1 aromatic heterocycles. The van der Waals surface area contributed by atoms with Gasteiger partial charge in [-0.3, -0.25) is 9.78 Å². The summed E-state index contributed by atoms with van der Waals surface area (Å²) in [5, 5.41) is 3.12. The average Bonchev–Trinajstić information content (AvgIpc) is 2.47. The number of hydrogen-bond donors (Lipinski definition) is 1. The second kappa shape index (κ2) is 6.35. The molecule has 1 N–H and O–H groups in total. The molecule has 0 radical (unpaired) electrons. The molecule has 0 aliphatic heterocycles. The van der Waals surface area contributed by atoms with E-state index in [0.29, 0.717) is 22.4 Å². The SMILES string of the molecule is CC(C)C1(C(C)(C)C)CCC(NC(=O)c2cnccn2)CC1. The molecule has 4 heteroatoms. The first-order chi connectivity index (χ1) is 10.3. The molecule has 22 heavy (non-hydrogen) atoms. The van der Waals surface area contributed by atoms with Crippen LogP contribution in [0.3, 0.4) is 0 Å². The summed E-state index contributed by atoms with van der Waals surface area (Å²) in [5.41, 5.74) is 1.06. The van der Waals surface area contributed by atoms with E-state index in [4.69, 9.17) is 0 Å². The maximum absolute atomic E-state index is 12.2. The van der Waals surface area contributed by atoms with E-state index in [1.807, 2.05) is 0 Å². The zero-order chi connectivity index (χ0) is 16.4. The highest BCUT2D eigenvalue weighted by molar-refractivity contribution is 5.92. The second-order valence-corrected chi connectivity index (χ2v) is 7.90. The number of rotatable bonds is 3. The molecule has 1 aromatic rings. The first kappa shape index (κ1) is 16.9. The zero-order valence-corrected chi connectivity index (χ0v) is 14.5. The van der Waals surface area contributed by atoms with E-state index in [2.05, 4.69) is 49.9 Å². The number of carbonyl (C=O) groups excluding carboxylic acids is 1. The third-order valence-corrected chi connectivity index (χ3v) is 5.61. The molecular weight excluding hydrogens is 274 g/mol. The fourth-order valence-corrected chi connectivity index (χ4v) is 4.15. The summed E-state index contributed by atoms with van der Waals surface area (Å²) < 4.78 is 0. The topological polar surface area (TPSA) is 54.9 Å². The van der Waals surface area contributed by atoms with Gasteiger partial charge in [0.1, 0.15) is 5.69 Å². The molecule has 0 saturated heterocycles. The van der Waals surface area contributed by atoms with Crippen molar-refractivity contribution in [1.29, 1.82) is 0 Å². The molecule has 1 saturated carbocycles. The van der Waals surface area contributed by atoms with Crippen molar-refractivity contribution in [3.8, 4) is 0 Å². The molecule has 0 atom stereocenters. The molecule has 0 spiro atoms. The molecule has 0 unspecified atom stereocenters. The Balaban J connectivity index is 1.99. The van der Waals surface area contributed by atoms with Gasteiger partial charge in [-0.15, -0.1) is 0 Å². The van der Waals surface area contributed by atoms with Gasteiger partial charge in [0, 0.05) is 18.4 Å². The highest BCUT2D eigenvalue weighted by atomic mass is 16.1. The quantitative estimate of drug-likeness (QED) is 0.923. The third-order valence-electron chi connectivity index (χ3n) is 5.61. The van der Waals surface area contributed by atoms with Crippen LogP contribution < -0.4 is 5.32 Å². The lowest BCUT2D eigenvalue weighted by Crippen LogP contribution is -2.48. The van der Waals surface area contributed by atoms with Gasteiger partial charge in [-0.05, 0) is 42.4 Å². The highest BCUT2D eigenvalue weighted by Crippen LogP contribution is 2.54. The van der Waals surface area contributed by atoms with E-state index in [0.717, 1.165) is 12.8 Å². The summed E-state index contributed by atoms with van der Waals surface area (Å²) in [4.78, 5) is 20.2. The molecule has 122 valence electrons. The maximum atomic E-state index is 12.2. The van der Waals surface area contributed by atoms with Crippen LogP contribution in [0.1, 0.15) is 70.8 Å². The number of nitrogens with zero attached hydrogens (tertiary/aromatic N) is 2. The molecular formula is C18H29N3O. The van der Waals surface area contributed by atoms with Crippen LogP contribution in [0.4, 0.5) is 0 Å². The summed E-state index contributed by atoms with van der Waals surface area (Å²) in [6.07, 6.45) is 9.07. The summed E-state index contributed by atoms with van der Waals surface area (Å²) in [6.45, 7) is 11.7. The van der Waals surface area contributed by atoms with Crippen LogP contribution in [-0.4, -0.2) is 21.9 Å². The lowest BCUT2D eigenvalue weighted by atomic mass is 9.54. The van der Waals surface area contributed by atoms with Crippen molar-refractivity contribution in [2.45, 2.75) is 66.3 Å². The molecule has 1 aliphatic rings. The fraction of sp³-hybridized carbons (Fsp3) is 0.722. The molecule has 0 bridgehead atoms. The van der Waals surface area contributed by atoms with Gasteiger partial charge in [-0.2, -0.15) is 0 Å². The second-order valence-electron chi connectivity index (χ2n) is 7.90. The Morgan fingerprint density at radius 2 is 1.91 bits per heavy atom. The largest absolute Gasteiger partial charge is 0.348 e. The normalized spacial score (nSPS) is 26.0. The minimum Gasteiger partial charge on any atom is -0.348 e. The number of carbonyl (C=O) groups is 1. The third kappa shape index (κ3) is 3.31. The van der Waals surface area contributed by atoms with Gasteiger partial charge in [0.2, 0.25) is 0 Å². The smallest absolute Gasteiger partial charge is 0.271 e. The van der Waals surface area contributed by atoms with Crippen LogP contribution in [0, 0.1) is 16.7 Å². The van der Waals surface area contributed by atoms with Gasteiger partial charge in [0.05, 0.1) is 6.20 Å². The lowest BCUT2D eigenvalue weighted by Gasteiger charge is -2.52. The molecule has 1 fully saturated rings. The summed E-state index contributed by atoms with van der Waals surface area (Å²) in [6, 6.07) is 0.253. The van der Waals surface area contributed by atoms with Crippen molar-refractivity contribution < 1.29 is 4.79 Å². The van der Waals surface area contributed by atoms with Crippen molar-refractivity contribution >= 4 is 5.91 Å². The number of aromatic nitrogens is 2. The summed E-state index contributed by atoms with van der Waals surface area (Å²) in [5.74, 6) is 0.551. The van der Waals surface area contributed by atoms with E-state index < -0.39 is 0 Å². The van der Waals surface area contributed by atoms with E-state index >= 15 is 0 Å². The van der Waals surface area contributed by atoms with Crippen molar-refractivity contribution in [2.24, 2.45) is 16.7 Å². The summed E-state index contributed by atoms with van der Waals surface area (Å²) in [7, 11) is 0. The van der Waals surface area contributed by atoms with Crippen molar-refractivity contribution in [3.63, 3.8) is 0 Å². The van der Waals surface area contributed by atoms with Crippen LogP contribution >= 0.6 is 0 Å². The molecule has 1 amide bonds. The van der Waals surface area contributed by atoms with Crippen LogP contribution in [0.2, 0.25) is 0 Å². The van der Waals surface area contributed by atoms with Crippen LogP contribution in [0.25, 0.3) is 0 Å². The first-order valence-corrected chi connectivity index (χ1v) is 8.33. The van der Waals surface area contributed by atoms with Crippen molar-refractivity contribution in [2.75, 3.05) is 0 Å². The van der Waals surface area contributed by atoms with E-state index in [-0.39, 0.29) is 11.9 Å². The van der Waals surface area contributed by atoms with Crippen LogP contribution in [-0.2, 0) is 0 Å². The van der Waals surface area contributed by atoms with Gasteiger partial charge in [0.25, 0.3) is 5.91 Å². The molecule has 1 aliphatic carbocycles. The van der Waals surface area contributed by atoms with Crippen LogP contribution in [0.5, 0.6) is 0 Å². The molecule has 0 aromatic carbocycles. The van der Waals surface area contributed by atoms with Gasteiger partial charge in [-0.25, -0.2) is 4.98 Å². The Labute approximate surface area is 134 Å². The first-order valence-electron chi connectivity index (χ1n) is 8.33. The zero-order valence-electron chi connectivity index (χ0n) is 14.5. The predicted molar refractivity (Wildman–Crippen MR) is 88.5 cm³/mol. The Morgan fingerprint density at radius 3 is 2.36 bits per heavy atom.